The molecular formula is C20H26O6. The Balaban J connectivity index is 2.49. The van der Waals surface area contributed by atoms with Crippen LogP contribution < -0.4 is 0 Å². The topological polar surface area (TPSA) is 93.1 Å². The van der Waals surface area contributed by atoms with Crippen LogP contribution in [0.4, 0.5) is 0 Å². The molecule has 1 aliphatic carbocycles. The second-order valence-electron chi connectivity index (χ2n) is 7.18. The van der Waals surface area contributed by atoms with Crippen LogP contribution in [0.2, 0.25) is 0 Å². The highest BCUT2D eigenvalue weighted by Gasteiger charge is 2.47. The first-order valence-electron chi connectivity index (χ1n) is 8.57. The highest BCUT2D eigenvalue weighted by molar-refractivity contribution is 5.91. The summed E-state index contributed by atoms with van der Waals surface area (Å²) in [5.74, 6) is -1.91. The van der Waals surface area contributed by atoms with Gasteiger partial charge in [-0.3, -0.25) is 0 Å². The van der Waals surface area contributed by atoms with Crippen LogP contribution in [-0.2, 0) is 19.1 Å². The van der Waals surface area contributed by atoms with E-state index in [9.17, 15) is 19.8 Å². The fourth-order valence-electron chi connectivity index (χ4n) is 3.27. The van der Waals surface area contributed by atoms with E-state index in [2.05, 4.69) is 6.58 Å². The van der Waals surface area contributed by atoms with Gasteiger partial charge in [-0.1, -0.05) is 23.8 Å². The molecular weight excluding hydrogens is 336 g/mol. The summed E-state index contributed by atoms with van der Waals surface area (Å²) in [6.07, 6.45) is 1.13. The lowest BCUT2D eigenvalue weighted by Gasteiger charge is -2.31. The zero-order chi connectivity index (χ0) is 19.6. The maximum atomic E-state index is 12.2. The Labute approximate surface area is 153 Å². The van der Waals surface area contributed by atoms with Crippen molar-refractivity contribution in [3.05, 3.63) is 47.1 Å². The molecule has 2 rings (SSSR count). The molecule has 1 heterocycles. The van der Waals surface area contributed by atoms with Crippen molar-refractivity contribution in [2.75, 3.05) is 0 Å². The molecule has 0 aromatic rings. The Hall–Kier alpha value is -2.18. The minimum Gasteiger partial charge on any atom is -0.455 e. The summed E-state index contributed by atoms with van der Waals surface area (Å²) in [6.45, 7) is 10.7. The Morgan fingerprint density at radius 3 is 2.58 bits per heavy atom. The number of rotatable bonds is 2. The van der Waals surface area contributed by atoms with Gasteiger partial charge in [-0.25, -0.2) is 9.59 Å². The Morgan fingerprint density at radius 1 is 1.31 bits per heavy atom. The number of hydrogen-bond acceptors (Lipinski definition) is 6. The molecule has 5 atom stereocenters. The lowest BCUT2D eigenvalue weighted by Crippen LogP contribution is -2.42. The molecule has 0 bridgehead atoms. The summed E-state index contributed by atoms with van der Waals surface area (Å²) in [5, 5.41) is 20.9. The van der Waals surface area contributed by atoms with Gasteiger partial charge < -0.3 is 19.7 Å². The molecule has 0 amide bonds. The van der Waals surface area contributed by atoms with Crippen molar-refractivity contribution < 1.29 is 29.3 Å². The molecule has 1 fully saturated rings. The van der Waals surface area contributed by atoms with Gasteiger partial charge in [-0.05, 0) is 45.8 Å². The number of carbonyl (C=O) groups is 2. The third-order valence-corrected chi connectivity index (χ3v) is 4.49. The van der Waals surface area contributed by atoms with E-state index in [0.717, 1.165) is 11.1 Å². The summed E-state index contributed by atoms with van der Waals surface area (Å²) in [6, 6.07) is 0. The van der Waals surface area contributed by atoms with Crippen LogP contribution in [0.3, 0.4) is 0 Å². The molecule has 1 aliphatic heterocycles. The standard InChI is InChI=1S/C20H26O6/c1-10(2)6-16(22)26-19-17-13(5)20(24)25-15(17)8-11(3)7-14(21)9-12(4)18(19)23/h6,8-9,14-15,17-19,21,23H,5,7H2,1-4H3. The van der Waals surface area contributed by atoms with Gasteiger partial charge in [0.1, 0.15) is 18.3 Å². The van der Waals surface area contributed by atoms with Crippen LogP contribution in [0.15, 0.2) is 47.1 Å². The first-order chi connectivity index (χ1) is 12.1. The predicted molar refractivity (Wildman–Crippen MR) is 96.0 cm³/mol. The second-order valence-corrected chi connectivity index (χ2v) is 7.18. The van der Waals surface area contributed by atoms with Gasteiger partial charge >= 0.3 is 11.9 Å². The second kappa shape index (κ2) is 8.01. The van der Waals surface area contributed by atoms with E-state index < -0.39 is 42.3 Å². The summed E-state index contributed by atoms with van der Waals surface area (Å²) < 4.78 is 10.9. The molecule has 5 unspecified atom stereocenters. The normalized spacial score (nSPS) is 32.0. The van der Waals surface area contributed by atoms with Crippen molar-refractivity contribution in [2.24, 2.45) is 5.92 Å². The number of carbonyl (C=O) groups excluding carboxylic acids is 2. The number of hydrogen-bond donors (Lipinski definition) is 2. The maximum absolute atomic E-state index is 12.2. The molecule has 6 heteroatoms. The summed E-state index contributed by atoms with van der Waals surface area (Å²) >= 11 is 0. The smallest absolute Gasteiger partial charge is 0.334 e. The Kier molecular flexibility index (Phi) is 6.21. The average Bonchev–Trinajstić information content (AvgIpc) is 2.76. The molecule has 0 saturated carbocycles. The molecule has 0 aromatic heterocycles. The number of ether oxygens (including phenoxy) is 2. The van der Waals surface area contributed by atoms with E-state index in [1.54, 1.807) is 26.8 Å². The zero-order valence-electron chi connectivity index (χ0n) is 15.6. The van der Waals surface area contributed by atoms with E-state index in [4.69, 9.17) is 9.47 Å². The fourth-order valence-corrected chi connectivity index (χ4v) is 3.27. The SMILES string of the molecule is C=C1C(=O)OC2C=C(C)CC(O)C=C(C)C(O)C(OC(=O)C=C(C)C)C12. The largest absolute Gasteiger partial charge is 0.455 e. The highest BCUT2D eigenvalue weighted by Crippen LogP contribution is 2.36. The Bertz CT molecular complexity index is 695. The van der Waals surface area contributed by atoms with Crippen molar-refractivity contribution in [2.45, 2.75) is 58.5 Å². The van der Waals surface area contributed by atoms with Gasteiger partial charge in [-0.15, -0.1) is 0 Å². The lowest BCUT2D eigenvalue weighted by molar-refractivity contribution is -0.152. The molecule has 1 saturated heterocycles. The molecule has 0 aromatic carbocycles. The quantitative estimate of drug-likeness (QED) is 0.443. The van der Waals surface area contributed by atoms with Crippen molar-refractivity contribution in [3.8, 4) is 0 Å². The van der Waals surface area contributed by atoms with Crippen molar-refractivity contribution in [1.82, 2.24) is 0 Å². The van der Waals surface area contributed by atoms with Crippen molar-refractivity contribution >= 4 is 11.9 Å². The van der Waals surface area contributed by atoms with E-state index in [1.165, 1.54) is 12.2 Å². The van der Waals surface area contributed by atoms with Gasteiger partial charge in [0.15, 0.2) is 0 Å². The van der Waals surface area contributed by atoms with Gasteiger partial charge in [0.05, 0.1) is 12.0 Å². The molecule has 6 nitrogen and oxygen atoms in total. The number of fused-ring (bicyclic) bond motifs is 1. The molecule has 26 heavy (non-hydrogen) atoms. The number of aliphatic hydroxyl groups excluding tert-OH is 2. The molecule has 2 aliphatic rings. The number of esters is 2. The maximum Gasteiger partial charge on any atom is 0.334 e. The Morgan fingerprint density at radius 2 is 1.96 bits per heavy atom. The summed E-state index contributed by atoms with van der Waals surface area (Å²) in [4.78, 5) is 24.2. The van der Waals surface area contributed by atoms with Crippen LogP contribution in [-0.4, -0.2) is 46.6 Å². The molecule has 0 radical (unpaired) electrons. The van der Waals surface area contributed by atoms with Crippen molar-refractivity contribution in [3.63, 3.8) is 0 Å². The first-order valence-corrected chi connectivity index (χ1v) is 8.57. The zero-order valence-corrected chi connectivity index (χ0v) is 15.6. The summed E-state index contributed by atoms with van der Waals surface area (Å²) in [5.41, 5.74) is 2.18. The molecule has 0 spiro atoms. The number of aliphatic hydroxyl groups is 2. The summed E-state index contributed by atoms with van der Waals surface area (Å²) in [7, 11) is 0. The predicted octanol–water partition coefficient (Wildman–Crippen LogP) is 1.98. The average molecular weight is 362 g/mol. The van der Waals surface area contributed by atoms with E-state index in [1.807, 2.05) is 6.92 Å². The molecule has 142 valence electrons. The molecule has 2 N–H and O–H groups in total. The first kappa shape index (κ1) is 20.1. The van der Waals surface area contributed by atoms with Crippen LogP contribution >= 0.6 is 0 Å². The van der Waals surface area contributed by atoms with Crippen molar-refractivity contribution in [1.29, 1.82) is 0 Å². The van der Waals surface area contributed by atoms with Crippen LogP contribution in [0.1, 0.15) is 34.1 Å². The lowest BCUT2D eigenvalue weighted by atomic mass is 9.83. The van der Waals surface area contributed by atoms with Crippen LogP contribution in [0, 0.1) is 5.92 Å². The monoisotopic (exact) mass is 362 g/mol. The van der Waals surface area contributed by atoms with E-state index >= 15 is 0 Å². The van der Waals surface area contributed by atoms with Gasteiger partial charge in [0, 0.05) is 11.6 Å². The van der Waals surface area contributed by atoms with Crippen LogP contribution in [0.5, 0.6) is 0 Å². The minimum absolute atomic E-state index is 0.155. The third-order valence-electron chi connectivity index (χ3n) is 4.49. The van der Waals surface area contributed by atoms with Gasteiger partial charge in [-0.2, -0.15) is 0 Å². The highest BCUT2D eigenvalue weighted by atomic mass is 16.6. The van der Waals surface area contributed by atoms with Gasteiger partial charge in [0.25, 0.3) is 0 Å². The number of allylic oxidation sites excluding steroid dienone is 1. The van der Waals surface area contributed by atoms with Gasteiger partial charge in [0.2, 0.25) is 0 Å². The third kappa shape index (κ3) is 4.51. The van der Waals surface area contributed by atoms with Crippen LogP contribution in [0.25, 0.3) is 0 Å². The van der Waals surface area contributed by atoms with E-state index in [0.29, 0.717) is 12.0 Å². The minimum atomic E-state index is -1.20. The fraction of sp³-hybridized carbons (Fsp3) is 0.500. The van der Waals surface area contributed by atoms with E-state index in [-0.39, 0.29) is 5.57 Å².